The van der Waals surface area contributed by atoms with Crippen LogP contribution in [0.2, 0.25) is 0 Å². The third-order valence-corrected chi connectivity index (χ3v) is 4.00. The predicted molar refractivity (Wildman–Crippen MR) is 77.8 cm³/mol. The van der Waals surface area contributed by atoms with Crippen molar-refractivity contribution < 1.29 is 5.11 Å². The molecule has 96 valence electrons. The lowest BCUT2D eigenvalue weighted by Gasteiger charge is -2.07. The average molecular weight is 261 g/mol. The third kappa shape index (κ3) is 3.67. The minimum Gasteiger partial charge on any atom is -0.392 e. The highest BCUT2D eigenvalue weighted by atomic mass is 32.1. The molecule has 0 aliphatic rings. The molecule has 0 bridgehead atoms. The van der Waals surface area contributed by atoms with E-state index in [2.05, 4.69) is 41.7 Å². The molecule has 2 rings (SSSR count). The largest absolute Gasteiger partial charge is 0.392 e. The smallest absolute Gasteiger partial charge is 0.0662 e. The van der Waals surface area contributed by atoms with E-state index in [0.717, 1.165) is 13.0 Å². The van der Waals surface area contributed by atoms with Gasteiger partial charge in [0.1, 0.15) is 0 Å². The van der Waals surface area contributed by atoms with Gasteiger partial charge in [-0.2, -0.15) is 0 Å². The van der Waals surface area contributed by atoms with Crippen LogP contribution in [-0.4, -0.2) is 17.8 Å². The fourth-order valence-corrected chi connectivity index (χ4v) is 2.72. The highest BCUT2D eigenvalue weighted by Gasteiger charge is 2.03. The van der Waals surface area contributed by atoms with Crippen molar-refractivity contribution in [3.05, 3.63) is 47.3 Å². The van der Waals surface area contributed by atoms with E-state index >= 15 is 0 Å². The molecule has 18 heavy (non-hydrogen) atoms. The molecule has 1 heterocycles. The van der Waals surface area contributed by atoms with Crippen LogP contribution in [0.25, 0.3) is 10.4 Å². The van der Waals surface area contributed by atoms with Crippen LogP contribution in [0.15, 0.2) is 42.5 Å². The molecule has 0 fully saturated rings. The highest BCUT2D eigenvalue weighted by molar-refractivity contribution is 7.15. The Labute approximate surface area is 112 Å². The second-order valence-electron chi connectivity index (χ2n) is 4.32. The van der Waals surface area contributed by atoms with E-state index < -0.39 is 0 Å². The van der Waals surface area contributed by atoms with Crippen molar-refractivity contribution in [2.24, 2.45) is 0 Å². The molecule has 0 aliphatic carbocycles. The minimum atomic E-state index is -0.237. The van der Waals surface area contributed by atoms with Gasteiger partial charge in [-0.15, -0.1) is 11.3 Å². The normalized spacial score (nSPS) is 12.6. The first kappa shape index (κ1) is 13.3. The van der Waals surface area contributed by atoms with Gasteiger partial charge in [-0.25, -0.2) is 0 Å². The summed E-state index contributed by atoms with van der Waals surface area (Å²) in [6.07, 6.45) is 0.561. The second kappa shape index (κ2) is 6.69. The van der Waals surface area contributed by atoms with Crippen molar-refractivity contribution in [2.75, 3.05) is 6.54 Å². The van der Waals surface area contributed by atoms with E-state index in [-0.39, 0.29) is 6.10 Å². The summed E-state index contributed by atoms with van der Waals surface area (Å²) < 4.78 is 0. The first-order valence-corrected chi connectivity index (χ1v) is 7.14. The molecule has 0 spiro atoms. The Morgan fingerprint density at radius 2 is 1.94 bits per heavy atom. The van der Waals surface area contributed by atoms with Crippen molar-refractivity contribution in [3.63, 3.8) is 0 Å². The number of hydrogen-bond donors (Lipinski definition) is 2. The SMILES string of the molecule is CCC(O)CNCc1ccc(-c2ccccc2)s1. The zero-order valence-corrected chi connectivity index (χ0v) is 11.4. The Morgan fingerprint density at radius 3 is 2.67 bits per heavy atom. The van der Waals surface area contributed by atoms with E-state index in [4.69, 9.17) is 0 Å². The Balaban J connectivity index is 1.91. The molecule has 1 atom stereocenters. The summed E-state index contributed by atoms with van der Waals surface area (Å²) in [4.78, 5) is 2.60. The summed E-state index contributed by atoms with van der Waals surface area (Å²) in [7, 11) is 0. The van der Waals surface area contributed by atoms with Gasteiger partial charge in [-0.1, -0.05) is 37.3 Å². The van der Waals surface area contributed by atoms with Crippen LogP contribution in [-0.2, 0) is 6.54 Å². The zero-order valence-electron chi connectivity index (χ0n) is 10.6. The van der Waals surface area contributed by atoms with E-state index in [0.29, 0.717) is 6.54 Å². The van der Waals surface area contributed by atoms with Gasteiger partial charge in [0.05, 0.1) is 6.10 Å². The van der Waals surface area contributed by atoms with Gasteiger partial charge >= 0.3 is 0 Å². The number of aliphatic hydroxyl groups excluding tert-OH is 1. The molecular formula is C15H19NOS. The maximum atomic E-state index is 9.46. The zero-order chi connectivity index (χ0) is 12.8. The molecule has 2 N–H and O–H groups in total. The molecule has 2 nitrogen and oxygen atoms in total. The second-order valence-corrected chi connectivity index (χ2v) is 5.49. The lowest BCUT2D eigenvalue weighted by Crippen LogP contribution is -2.25. The van der Waals surface area contributed by atoms with Crippen LogP contribution >= 0.6 is 11.3 Å². The first-order valence-electron chi connectivity index (χ1n) is 6.32. The number of nitrogens with one attached hydrogen (secondary N) is 1. The van der Waals surface area contributed by atoms with E-state index in [1.807, 2.05) is 13.0 Å². The fourth-order valence-electron chi connectivity index (χ4n) is 1.74. The number of thiophene rings is 1. The number of hydrogen-bond acceptors (Lipinski definition) is 3. The Morgan fingerprint density at radius 1 is 1.17 bits per heavy atom. The van der Waals surface area contributed by atoms with Gasteiger partial charge in [-0.05, 0) is 24.1 Å². The van der Waals surface area contributed by atoms with E-state index in [9.17, 15) is 5.11 Å². The number of benzene rings is 1. The third-order valence-electron chi connectivity index (χ3n) is 2.87. The molecule has 0 radical (unpaired) electrons. The van der Waals surface area contributed by atoms with Gasteiger partial charge in [0.25, 0.3) is 0 Å². The van der Waals surface area contributed by atoms with Crippen LogP contribution in [0, 0.1) is 0 Å². The summed E-state index contributed by atoms with van der Waals surface area (Å²) in [5, 5.41) is 12.7. The van der Waals surface area contributed by atoms with Gasteiger partial charge in [0, 0.05) is 22.8 Å². The van der Waals surface area contributed by atoms with Crippen molar-refractivity contribution in [2.45, 2.75) is 26.0 Å². The quantitative estimate of drug-likeness (QED) is 0.836. The number of rotatable bonds is 6. The summed E-state index contributed by atoms with van der Waals surface area (Å²) in [5.41, 5.74) is 1.27. The highest BCUT2D eigenvalue weighted by Crippen LogP contribution is 2.27. The molecule has 2 aromatic rings. The van der Waals surface area contributed by atoms with Crippen molar-refractivity contribution in [3.8, 4) is 10.4 Å². The van der Waals surface area contributed by atoms with Crippen molar-refractivity contribution >= 4 is 11.3 Å². The van der Waals surface area contributed by atoms with Gasteiger partial charge in [0.2, 0.25) is 0 Å². The van der Waals surface area contributed by atoms with Gasteiger partial charge in [-0.3, -0.25) is 0 Å². The molecule has 0 aliphatic heterocycles. The summed E-state index contributed by atoms with van der Waals surface area (Å²) in [6, 6.07) is 14.7. The van der Waals surface area contributed by atoms with Gasteiger partial charge < -0.3 is 10.4 Å². The molecule has 1 aromatic carbocycles. The Bertz CT molecular complexity index is 466. The molecule has 0 saturated heterocycles. The van der Waals surface area contributed by atoms with Crippen molar-refractivity contribution in [1.82, 2.24) is 5.32 Å². The molecule has 3 heteroatoms. The lowest BCUT2D eigenvalue weighted by molar-refractivity contribution is 0.167. The topological polar surface area (TPSA) is 32.3 Å². The maximum Gasteiger partial charge on any atom is 0.0662 e. The minimum absolute atomic E-state index is 0.237. The molecular weight excluding hydrogens is 242 g/mol. The Kier molecular flexibility index (Phi) is 4.93. The van der Waals surface area contributed by atoms with Crippen LogP contribution < -0.4 is 5.32 Å². The summed E-state index contributed by atoms with van der Waals surface area (Å²) >= 11 is 1.80. The Hall–Kier alpha value is -1.16. The first-order chi connectivity index (χ1) is 8.79. The summed E-state index contributed by atoms with van der Waals surface area (Å²) in [6.45, 7) is 3.48. The van der Waals surface area contributed by atoms with E-state index in [1.54, 1.807) is 11.3 Å². The lowest BCUT2D eigenvalue weighted by atomic mass is 10.2. The standard InChI is InChI=1S/C15H19NOS/c1-2-13(17)10-16-11-14-8-9-15(18-14)12-6-4-3-5-7-12/h3-9,13,16-17H,2,10-11H2,1H3. The molecule has 0 amide bonds. The van der Waals surface area contributed by atoms with Crippen LogP contribution in [0.5, 0.6) is 0 Å². The van der Waals surface area contributed by atoms with Crippen molar-refractivity contribution in [1.29, 1.82) is 0 Å². The monoisotopic (exact) mass is 261 g/mol. The van der Waals surface area contributed by atoms with E-state index in [1.165, 1.54) is 15.3 Å². The van der Waals surface area contributed by atoms with Gasteiger partial charge in [0.15, 0.2) is 0 Å². The molecule has 0 saturated carbocycles. The number of aliphatic hydroxyl groups is 1. The van der Waals surface area contributed by atoms with Crippen LogP contribution in [0.4, 0.5) is 0 Å². The predicted octanol–water partition coefficient (Wildman–Crippen LogP) is 3.28. The molecule has 1 unspecified atom stereocenters. The molecule has 1 aromatic heterocycles. The van der Waals surface area contributed by atoms with Crippen LogP contribution in [0.1, 0.15) is 18.2 Å². The van der Waals surface area contributed by atoms with Crippen LogP contribution in [0.3, 0.4) is 0 Å². The average Bonchev–Trinajstić information content (AvgIpc) is 2.88. The maximum absolute atomic E-state index is 9.46. The fraction of sp³-hybridized carbons (Fsp3) is 0.333. The summed E-state index contributed by atoms with van der Waals surface area (Å²) in [5.74, 6) is 0.